The number of carbonyl (C=O) groups is 2. The fourth-order valence-corrected chi connectivity index (χ4v) is 1.85. The zero-order valence-electron chi connectivity index (χ0n) is 12.0. The molecule has 0 aliphatic carbocycles. The molecule has 0 saturated carbocycles. The van der Waals surface area contributed by atoms with Crippen LogP contribution >= 0.6 is 0 Å². The zero-order valence-corrected chi connectivity index (χ0v) is 12.0. The molecule has 0 heterocycles. The number of aromatic carboxylic acids is 1. The first-order chi connectivity index (χ1) is 8.73. The smallest absolute Gasteiger partial charge is 0.339 e. The van der Waals surface area contributed by atoms with Gasteiger partial charge in [0.2, 0.25) is 0 Å². The van der Waals surface area contributed by atoms with Crippen LogP contribution in [-0.2, 0) is 4.79 Å². The Bertz CT molecular complexity index is 501. The predicted molar refractivity (Wildman–Crippen MR) is 72.9 cm³/mol. The lowest BCUT2D eigenvalue weighted by Gasteiger charge is -2.18. The maximum atomic E-state index is 11.4. The van der Waals surface area contributed by atoms with E-state index in [1.54, 1.807) is 6.07 Å². The fraction of sp³-hybridized carbons (Fsp3) is 0.467. The maximum absolute atomic E-state index is 11.4. The predicted octanol–water partition coefficient (Wildman–Crippen LogP) is 3.56. The number of benzene rings is 1. The molecule has 19 heavy (non-hydrogen) atoms. The minimum Gasteiger partial charge on any atom is -0.478 e. The lowest BCUT2D eigenvalue weighted by molar-refractivity contribution is -0.131. The Labute approximate surface area is 113 Å². The summed E-state index contributed by atoms with van der Waals surface area (Å²) in [5.41, 5.74) is 1.72. The van der Waals surface area contributed by atoms with Crippen molar-refractivity contribution in [1.29, 1.82) is 0 Å². The molecule has 4 heteroatoms. The largest absolute Gasteiger partial charge is 0.478 e. The van der Waals surface area contributed by atoms with E-state index in [1.807, 2.05) is 33.8 Å². The third-order valence-corrected chi connectivity index (χ3v) is 2.90. The summed E-state index contributed by atoms with van der Waals surface area (Å²) in [5, 5.41) is 9.30. The van der Waals surface area contributed by atoms with E-state index < -0.39 is 11.9 Å². The van der Waals surface area contributed by atoms with E-state index in [9.17, 15) is 14.7 Å². The minimum absolute atomic E-state index is 0.0464. The average molecular weight is 264 g/mol. The first-order valence-corrected chi connectivity index (χ1v) is 6.33. The van der Waals surface area contributed by atoms with Crippen LogP contribution in [0.25, 0.3) is 0 Å². The first-order valence-electron chi connectivity index (χ1n) is 6.33. The van der Waals surface area contributed by atoms with Gasteiger partial charge in [-0.15, -0.1) is 0 Å². The highest BCUT2D eigenvalue weighted by Crippen LogP contribution is 2.34. The van der Waals surface area contributed by atoms with Crippen molar-refractivity contribution in [2.45, 2.75) is 46.5 Å². The van der Waals surface area contributed by atoms with Gasteiger partial charge in [0, 0.05) is 6.92 Å². The molecular formula is C15H20O4. The van der Waals surface area contributed by atoms with Crippen LogP contribution in [-0.4, -0.2) is 17.0 Å². The Morgan fingerprint density at radius 2 is 1.68 bits per heavy atom. The molecular weight excluding hydrogens is 244 g/mol. The monoisotopic (exact) mass is 264 g/mol. The standard InChI is InChI=1S/C15H20O4/c1-8(2)11-6-12(9(3)4)14(19-10(5)16)13(7-11)15(17)18/h6-9H,1-5H3,(H,17,18). The molecule has 1 rings (SSSR count). The SMILES string of the molecule is CC(=O)Oc1c(C(=O)O)cc(C(C)C)cc1C(C)C. The van der Waals surface area contributed by atoms with Gasteiger partial charge < -0.3 is 9.84 Å². The van der Waals surface area contributed by atoms with Gasteiger partial charge in [-0.3, -0.25) is 4.79 Å². The number of rotatable bonds is 4. The molecule has 0 saturated heterocycles. The molecule has 1 N–H and O–H groups in total. The van der Waals surface area contributed by atoms with Crippen molar-refractivity contribution in [3.8, 4) is 5.75 Å². The van der Waals surface area contributed by atoms with E-state index in [0.29, 0.717) is 0 Å². The molecule has 0 radical (unpaired) electrons. The average Bonchev–Trinajstić information content (AvgIpc) is 2.27. The van der Waals surface area contributed by atoms with Crippen LogP contribution in [0, 0.1) is 0 Å². The van der Waals surface area contributed by atoms with Crippen LogP contribution in [0.1, 0.15) is 67.9 Å². The van der Waals surface area contributed by atoms with Crippen molar-refractivity contribution in [2.75, 3.05) is 0 Å². The Hall–Kier alpha value is -1.84. The molecule has 0 amide bonds. The maximum Gasteiger partial charge on any atom is 0.339 e. The fourth-order valence-electron chi connectivity index (χ4n) is 1.85. The van der Waals surface area contributed by atoms with Crippen molar-refractivity contribution in [2.24, 2.45) is 0 Å². The molecule has 0 aromatic heterocycles. The van der Waals surface area contributed by atoms with Gasteiger partial charge in [0.1, 0.15) is 11.3 Å². The van der Waals surface area contributed by atoms with Gasteiger partial charge in [0.05, 0.1) is 0 Å². The van der Waals surface area contributed by atoms with Crippen LogP contribution in [0.4, 0.5) is 0 Å². The minimum atomic E-state index is -1.08. The van der Waals surface area contributed by atoms with Crippen LogP contribution < -0.4 is 4.74 Å². The zero-order chi connectivity index (χ0) is 14.7. The van der Waals surface area contributed by atoms with E-state index in [1.165, 1.54) is 6.92 Å². The molecule has 0 fully saturated rings. The highest BCUT2D eigenvalue weighted by Gasteiger charge is 2.21. The van der Waals surface area contributed by atoms with Crippen molar-refractivity contribution < 1.29 is 19.4 Å². The quantitative estimate of drug-likeness (QED) is 0.667. The molecule has 0 bridgehead atoms. The van der Waals surface area contributed by atoms with Gasteiger partial charge >= 0.3 is 11.9 Å². The summed E-state index contributed by atoms with van der Waals surface area (Å²) in [4.78, 5) is 22.5. The Morgan fingerprint density at radius 3 is 2.05 bits per heavy atom. The van der Waals surface area contributed by atoms with Crippen LogP contribution in [0.15, 0.2) is 12.1 Å². The molecule has 0 atom stereocenters. The number of carbonyl (C=O) groups excluding carboxylic acids is 1. The number of ether oxygens (including phenoxy) is 1. The lowest BCUT2D eigenvalue weighted by Crippen LogP contribution is -2.11. The summed E-state index contributed by atoms with van der Waals surface area (Å²) < 4.78 is 5.11. The van der Waals surface area contributed by atoms with Crippen LogP contribution in [0.3, 0.4) is 0 Å². The van der Waals surface area contributed by atoms with E-state index in [0.717, 1.165) is 11.1 Å². The summed E-state index contributed by atoms with van der Waals surface area (Å²) in [5.74, 6) is -1.14. The van der Waals surface area contributed by atoms with Gasteiger partial charge in [-0.25, -0.2) is 4.79 Å². The Morgan fingerprint density at radius 1 is 1.11 bits per heavy atom. The van der Waals surface area contributed by atoms with E-state index in [-0.39, 0.29) is 23.1 Å². The van der Waals surface area contributed by atoms with Crippen molar-refractivity contribution in [3.63, 3.8) is 0 Å². The Balaban J connectivity index is 3.55. The second kappa shape index (κ2) is 5.87. The summed E-state index contributed by atoms with van der Waals surface area (Å²) in [7, 11) is 0. The molecule has 1 aromatic carbocycles. The molecule has 0 unspecified atom stereocenters. The number of carboxylic acid groups (broad SMARTS) is 1. The van der Waals surface area contributed by atoms with Crippen molar-refractivity contribution >= 4 is 11.9 Å². The molecule has 0 aliphatic rings. The highest BCUT2D eigenvalue weighted by molar-refractivity contribution is 5.93. The van der Waals surface area contributed by atoms with Crippen LogP contribution in [0.2, 0.25) is 0 Å². The van der Waals surface area contributed by atoms with Gasteiger partial charge in [-0.05, 0) is 29.0 Å². The second-order valence-electron chi connectivity index (χ2n) is 5.20. The lowest BCUT2D eigenvalue weighted by atomic mass is 9.92. The molecule has 1 aromatic rings. The molecule has 0 spiro atoms. The van der Waals surface area contributed by atoms with E-state index in [4.69, 9.17) is 4.74 Å². The second-order valence-corrected chi connectivity index (χ2v) is 5.20. The third kappa shape index (κ3) is 3.56. The molecule has 4 nitrogen and oxygen atoms in total. The van der Waals surface area contributed by atoms with Crippen LogP contribution in [0.5, 0.6) is 5.75 Å². The van der Waals surface area contributed by atoms with Crippen molar-refractivity contribution in [3.05, 3.63) is 28.8 Å². The first kappa shape index (κ1) is 15.2. The number of esters is 1. The summed E-state index contributed by atoms with van der Waals surface area (Å²) in [6.07, 6.45) is 0. The molecule has 0 aliphatic heterocycles. The van der Waals surface area contributed by atoms with Gasteiger partial charge in [-0.1, -0.05) is 33.8 Å². The van der Waals surface area contributed by atoms with Crippen molar-refractivity contribution in [1.82, 2.24) is 0 Å². The summed E-state index contributed by atoms with van der Waals surface area (Å²) in [6, 6.07) is 3.50. The van der Waals surface area contributed by atoms with Gasteiger partial charge in [0.15, 0.2) is 0 Å². The van der Waals surface area contributed by atoms with Gasteiger partial charge in [0.25, 0.3) is 0 Å². The Kier molecular flexibility index (Phi) is 4.70. The normalized spacial score (nSPS) is 10.9. The topological polar surface area (TPSA) is 63.6 Å². The third-order valence-electron chi connectivity index (χ3n) is 2.90. The number of carboxylic acids is 1. The van der Waals surface area contributed by atoms with E-state index in [2.05, 4.69) is 0 Å². The number of hydrogen-bond donors (Lipinski definition) is 1. The summed E-state index contributed by atoms with van der Waals surface area (Å²) >= 11 is 0. The highest BCUT2D eigenvalue weighted by atomic mass is 16.5. The molecule has 104 valence electrons. The summed E-state index contributed by atoms with van der Waals surface area (Å²) in [6.45, 7) is 9.15. The van der Waals surface area contributed by atoms with E-state index >= 15 is 0 Å². The number of hydrogen-bond acceptors (Lipinski definition) is 3. The van der Waals surface area contributed by atoms with Gasteiger partial charge in [-0.2, -0.15) is 0 Å².